The summed E-state index contributed by atoms with van der Waals surface area (Å²) in [6.07, 6.45) is 1.51. The summed E-state index contributed by atoms with van der Waals surface area (Å²) >= 11 is 0. The Balaban J connectivity index is 2.10. The second kappa shape index (κ2) is 9.16. The van der Waals surface area contributed by atoms with E-state index >= 15 is 0 Å². The number of aromatic hydroxyl groups is 1. The maximum absolute atomic E-state index is 12.0. The van der Waals surface area contributed by atoms with Gasteiger partial charge >= 0.3 is 0 Å². The monoisotopic (exact) mass is 427 g/mol. The minimum absolute atomic E-state index is 0.118. The largest absolute Gasteiger partial charge is 0.507 e. The Hall–Kier alpha value is -3.42. The van der Waals surface area contributed by atoms with Crippen LogP contribution in [0.15, 0.2) is 41.5 Å². The molecule has 0 saturated carbocycles. The van der Waals surface area contributed by atoms with Crippen molar-refractivity contribution in [3.63, 3.8) is 0 Å². The molecule has 0 saturated heterocycles. The van der Waals surface area contributed by atoms with Crippen molar-refractivity contribution in [2.24, 2.45) is 5.10 Å². The second-order valence-corrected chi connectivity index (χ2v) is 9.30. The van der Waals surface area contributed by atoms with Gasteiger partial charge in [0.2, 0.25) is 0 Å². The lowest BCUT2D eigenvalue weighted by Gasteiger charge is -2.27. The number of rotatable bonds is 6. The molecular formula is C23H29N3O5. The number of non-ortho nitro benzene ring substituents is 1. The average molecular weight is 428 g/mol. The third-order valence-electron chi connectivity index (χ3n) is 4.55. The number of ether oxygens (including phenoxy) is 1. The van der Waals surface area contributed by atoms with E-state index in [4.69, 9.17) is 4.74 Å². The fourth-order valence-electron chi connectivity index (χ4n) is 2.92. The number of nitrogens with zero attached hydrogens (tertiary/aromatic N) is 2. The van der Waals surface area contributed by atoms with E-state index in [9.17, 15) is 20.0 Å². The van der Waals surface area contributed by atoms with Crippen LogP contribution >= 0.6 is 0 Å². The van der Waals surface area contributed by atoms with Crippen molar-refractivity contribution in [2.45, 2.75) is 52.4 Å². The Labute approximate surface area is 182 Å². The molecular weight excluding hydrogens is 398 g/mol. The van der Waals surface area contributed by atoms with Crippen LogP contribution in [-0.4, -0.2) is 28.8 Å². The van der Waals surface area contributed by atoms with Gasteiger partial charge < -0.3 is 9.84 Å². The maximum atomic E-state index is 12.0. The van der Waals surface area contributed by atoms with Crippen molar-refractivity contribution in [3.05, 3.63) is 63.2 Å². The number of phenolic OH excluding ortho intramolecular Hbond substituents is 1. The minimum atomic E-state index is -0.535. The molecule has 0 aliphatic carbocycles. The van der Waals surface area contributed by atoms with Gasteiger partial charge in [0.05, 0.1) is 17.2 Å². The molecule has 8 nitrogen and oxygen atoms in total. The van der Waals surface area contributed by atoms with Crippen LogP contribution in [0.4, 0.5) is 5.69 Å². The molecule has 2 aromatic carbocycles. The van der Waals surface area contributed by atoms with Gasteiger partial charge in [-0.1, -0.05) is 47.6 Å². The van der Waals surface area contributed by atoms with Crippen molar-refractivity contribution in [2.75, 3.05) is 6.61 Å². The van der Waals surface area contributed by atoms with Gasteiger partial charge in [-0.05, 0) is 34.6 Å². The van der Waals surface area contributed by atoms with E-state index in [-0.39, 0.29) is 34.6 Å². The fraction of sp³-hybridized carbons (Fsp3) is 0.391. The number of nitrogens with one attached hydrogen (secondary N) is 1. The van der Waals surface area contributed by atoms with Gasteiger partial charge in [0, 0.05) is 17.2 Å². The number of carbonyl (C=O) groups excluding carboxylic acids is 1. The van der Waals surface area contributed by atoms with Gasteiger partial charge in [-0.3, -0.25) is 14.9 Å². The lowest BCUT2D eigenvalue weighted by molar-refractivity contribution is -0.384. The second-order valence-electron chi connectivity index (χ2n) is 9.30. The van der Waals surface area contributed by atoms with Gasteiger partial charge in [0.1, 0.15) is 11.5 Å². The number of phenols is 1. The standard InChI is InChI=1S/C23H29N3O5/c1-22(2,3)18-10-15(11-19(21(18)28)23(4,5)6)13-24-25-20(27)14-31-17-9-7-8-16(12-17)26(29)30/h7-13,28H,14H2,1-6H3,(H,25,27)/b24-13-. The fourth-order valence-corrected chi connectivity index (χ4v) is 2.92. The van der Waals surface area contributed by atoms with E-state index in [1.165, 1.54) is 30.5 Å². The first kappa shape index (κ1) is 23.9. The van der Waals surface area contributed by atoms with Crippen molar-refractivity contribution in [1.29, 1.82) is 0 Å². The van der Waals surface area contributed by atoms with Crippen LogP contribution in [-0.2, 0) is 15.6 Å². The maximum Gasteiger partial charge on any atom is 0.277 e. The summed E-state index contributed by atoms with van der Waals surface area (Å²) in [5, 5.41) is 25.5. The molecule has 0 radical (unpaired) electrons. The zero-order chi connectivity index (χ0) is 23.4. The van der Waals surface area contributed by atoms with Crippen LogP contribution in [0.3, 0.4) is 0 Å². The van der Waals surface area contributed by atoms with Crippen LogP contribution < -0.4 is 10.2 Å². The zero-order valence-electron chi connectivity index (χ0n) is 18.7. The number of amides is 1. The van der Waals surface area contributed by atoms with Crippen LogP contribution in [0.25, 0.3) is 0 Å². The summed E-state index contributed by atoms with van der Waals surface area (Å²) in [5.74, 6) is -0.0170. The van der Waals surface area contributed by atoms with Gasteiger partial charge in [-0.25, -0.2) is 5.43 Å². The number of carbonyl (C=O) groups is 1. The number of benzene rings is 2. The topological polar surface area (TPSA) is 114 Å². The Bertz CT molecular complexity index is 966. The van der Waals surface area contributed by atoms with Gasteiger partial charge in [-0.15, -0.1) is 0 Å². The molecule has 2 aromatic rings. The summed E-state index contributed by atoms with van der Waals surface area (Å²) < 4.78 is 5.28. The highest BCUT2D eigenvalue weighted by Gasteiger charge is 2.26. The van der Waals surface area contributed by atoms with Crippen molar-refractivity contribution >= 4 is 17.8 Å². The van der Waals surface area contributed by atoms with E-state index < -0.39 is 10.8 Å². The zero-order valence-corrected chi connectivity index (χ0v) is 18.7. The molecule has 0 aliphatic rings. The number of hydrogen-bond donors (Lipinski definition) is 2. The third-order valence-corrected chi connectivity index (χ3v) is 4.55. The van der Waals surface area contributed by atoms with E-state index in [0.29, 0.717) is 0 Å². The summed E-state index contributed by atoms with van der Waals surface area (Å²) in [6, 6.07) is 9.29. The normalized spacial score (nSPS) is 12.1. The van der Waals surface area contributed by atoms with Gasteiger partial charge in [-0.2, -0.15) is 5.10 Å². The predicted molar refractivity (Wildman–Crippen MR) is 120 cm³/mol. The van der Waals surface area contributed by atoms with Crippen molar-refractivity contribution in [1.82, 2.24) is 5.43 Å². The van der Waals surface area contributed by atoms with Gasteiger partial charge in [0.25, 0.3) is 11.6 Å². The SMILES string of the molecule is CC(C)(C)c1cc(/C=N\NC(=O)COc2cccc([N+](=O)[O-])c2)cc(C(C)(C)C)c1O. The third kappa shape index (κ3) is 6.53. The lowest BCUT2D eigenvalue weighted by Crippen LogP contribution is -2.24. The van der Waals surface area contributed by atoms with E-state index in [1.807, 2.05) is 53.7 Å². The Kier molecular flexibility index (Phi) is 7.05. The molecule has 2 N–H and O–H groups in total. The molecule has 0 aromatic heterocycles. The number of nitro benzene ring substituents is 1. The first-order chi connectivity index (χ1) is 14.3. The molecule has 166 valence electrons. The highest BCUT2D eigenvalue weighted by Crippen LogP contribution is 2.39. The molecule has 1 amide bonds. The number of hydrogen-bond acceptors (Lipinski definition) is 6. The van der Waals surface area contributed by atoms with Crippen LogP contribution in [0, 0.1) is 10.1 Å². The molecule has 2 rings (SSSR count). The van der Waals surface area contributed by atoms with Gasteiger partial charge in [0.15, 0.2) is 6.61 Å². The Morgan fingerprint density at radius 2 is 1.71 bits per heavy atom. The predicted octanol–water partition coefficient (Wildman–Crippen LogP) is 4.42. The molecule has 0 spiro atoms. The molecule has 0 fully saturated rings. The first-order valence-corrected chi connectivity index (χ1v) is 9.86. The van der Waals surface area contributed by atoms with Crippen LogP contribution in [0.2, 0.25) is 0 Å². The minimum Gasteiger partial charge on any atom is -0.507 e. The van der Waals surface area contributed by atoms with Crippen molar-refractivity contribution < 1.29 is 19.6 Å². The number of nitro groups is 1. The highest BCUT2D eigenvalue weighted by molar-refractivity contribution is 5.84. The summed E-state index contributed by atoms with van der Waals surface area (Å²) in [6.45, 7) is 11.8. The molecule has 0 heterocycles. The molecule has 0 bridgehead atoms. The first-order valence-electron chi connectivity index (χ1n) is 9.86. The van der Waals surface area contributed by atoms with Crippen LogP contribution in [0.5, 0.6) is 11.5 Å². The lowest BCUT2D eigenvalue weighted by atomic mass is 9.78. The summed E-state index contributed by atoms with van der Waals surface area (Å²) in [5.41, 5.74) is 4.04. The van der Waals surface area contributed by atoms with E-state index in [0.717, 1.165) is 16.7 Å². The van der Waals surface area contributed by atoms with Crippen LogP contribution in [0.1, 0.15) is 58.2 Å². The molecule has 8 heteroatoms. The summed E-state index contributed by atoms with van der Waals surface area (Å²) in [4.78, 5) is 22.3. The highest BCUT2D eigenvalue weighted by atomic mass is 16.6. The molecule has 0 atom stereocenters. The Morgan fingerprint density at radius 1 is 1.13 bits per heavy atom. The average Bonchev–Trinajstić information content (AvgIpc) is 2.65. The quantitative estimate of drug-likeness (QED) is 0.402. The molecule has 0 unspecified atom stereocenters. The smallest absolute Gasteiger partial charge is 0.277 e. The van der Waals surface area contributed by atoms with Crippen molar-refractivity contribution in [3.8, 4) is 11.5 Å². The number of hydrazone groups is 1. The van der Waals surface area contributed by atoms with E-state index in [2.05, 4.69) is 10.5 Å². The summed E-state index contributed by atoms with van der Waals surface area (Å²) in [7, 11) is 0. The molecule has 0 aliphatic heterocycles. The Morgan fingerprint density at radius 3 is 2.23 bits per heavy atom. The molecule has 31 heavy (non-hydrogen) atoms. The van der Waals surface area contributed by atoms with E-state index in [1.54, 1.807) is 0 Å².